The minimum absolute atomic E-state index is 0.109. The fourth-order valence-electron chi connectivity index (χ4n) is 6.00. The van der Waals surface area contributed by atoms with Gasteiger partial charge in [-0.2, -0.15) is 10.2 Å². The molecule has 2 fully saturated rings. The number of hydrogen-bond donors (Lipinski definition) is 0. The van der Waals surface area contributed by atoms with Crippen molar-refractivity contribution in [2.24, 2.45) is 0 Å². The Hall–Kier alpha value is -4.43. The molecule has 2 aromatic carbocycles. The Morgan fingerprint density at radius 3 is 1.68 bits per heavy atom. The van der Waals surface area contributed by atoms with Crippen LogP contribution in [0.3, 0.4) is 0 Å². The lowest BCUT2D eigenvalue weighted by atomic mass is 9.88. The average Bonchev–Trinajstić information content (AvgIpc) is 3.73. The number of methoxy groups -OCH3 is 2. The molecule has 2 bridgehead atoms. The molecule has 2 aliphatic heterocycles. The smallest absolute Gasteiger partial charge is 0.188 e. The molecule has 0 radical (unpaired) electrons. The number of fused-ring (bicyclic) bond motifs is 2. The van der Waals surface area contributed by atoms with Crippen LogP contribution in [-0.4, -0.2) is 63.6 Å². The molecular weight excluding hydrogens is 502 g/mol. The van der Waals surface area contributed by atoms with E-state index in [-0.39, 0.29) is 17.9 Å². The lowest BCUT2D eigenvalue weighted by Crippen LogP contribution is -2.43. The fourth-order valence-corrected chi connectivity index (χ4v) is 6.00. The Morgan fingerprint density at radius 1 is 0.800 bits per heavy atom. The van der Waals surface area contributed by atoms with Gasteiger partial charge in [-0.25, -0.2) is 0 Å². The summed E-state index contributed by atoms with van der Waals surface area (Å²) in [5, 5.41) is 8.67. The maximum atomic E-state index is 14.0. The van der Waals surface area contributed by atoms with Gasteiger partial charge in [0.05, 0.1) is 27.3 Å². The van der Waals surface area contributed by atoms with Crippen molar-refractivity contribution in [3.8, 4) is 11.5 Å². The number of piperidine rings is 1. The van der Waals surface area contributed by atoms with Crippen molar-refractivity contribution in [1.29, 1.82) is 0 Å². The number of rotatable bonds is 8. The number of Topliss-reactive ketones (excluding diaryl/α,β-unsaturated/α-hetero) is 1. The first-order valence-electron chi connectivity index (χ1n) is 13.5. The molecule has 8 nitrogen and oxygen atoms in total. The highest BCUT2D eigenvalue weighted by molar-refractivity contribution is 6.16. The Kier molecular flexibility index (Phi) is 7.09. The molecule has 2 aromatic heterocycles. The summed E-state index contributed by atoms with van der Waals surface area (Å²) in [6.45, 7) is 1.19. The Bertz CT molecular complexity index is 1450. The van der Waals surface area contributed by atoms with Crippen LogP contribution in [0, 0.1) is 0 Å². The second-order valence-electron chi connectivity index (χ2n) is 10.4. The third kappa shape index (κ3) is 4.98. The maximum Gasteiger partial charge on any atom is 0.188 e. The molecule has 204 valence electrons. The second kappa shape index (κ2) is 11.0. The zero-order valence-electron chi connectivity index (χ0n) is 23.0. The van der Waals surface area contributed by atoms with Crippen LogP contribution in [0.15, 0.2) is 84.5 Å². The van der Waals surface area contributed by atoms with Gasteiger partial charge in [-0.3, -0.25) is 19.1 Å². The minimum atomic E-state index is 0.109. The van der Waals surface area contributed by atoms with Crippen LogP contribution in [0.1, 0.15) is 35.1 Å². The number of carbonyl (C=O) groups is 1. The predicted octanol–water partition coefficient (Wildman–Crippen LogP) is 4.71. The van der Waals surface area contributed by atoms with Crippen molar-refractivity contribution in [3.05, 3.63) is 107 Å². The summed E-state index contributed by atoms with van der Waals surface area (Å²) in [6, 6.07) is 16.2. The van der Waals surface area contributed by atoms with Crippen molar-refractivity contribution >= 4 is 17.9 Å². The van der Waals surface area contributed by atoms with Crippen LogP contribution < -0.4 is 9.47 Å². The molecule has 0 aliphatic carbocycles. The van der Waals surface area contributed by atoms with Gasteiger partial charge < -0.3 is 9.47 Å². The topological polar surface area (TPSA) is 74.4 Å². The van der Waals surface area contributed by atoms with E-state index in [2.05, 4.69) is 46.4 Å². The normalized spacial score (nSPS) is 20.9. The van der Waals surface area contributed by atoms with Gasteiger partial charge in [0.1, 0.15) is 11.5 Å². The number of carbonyl (C=O) groups excluding carboxylic acids is 1. The Labute approximate surface area is 234 Å². The SMILES string of the molecule is COc1ccc(/C=C2/C(=O)/C(=C/c3ccc(OC)c(Cn4cccn4)c3)C3CCC2N3C)cc1Cn1cccn1. The molecule has 2 saturated heterocycles. The Morgan fingerprint density at radius 2 is 1.27 bits per heavy atom. The molecule has 0 spiro atoms. The van der Waals surface area contributed by atoms with Crippen LogP contribution in [0.2, 0.25) is 0 Å². The van der Waals surface area contributed by atoms with E-state index in [1.165, 1.54) is 0 Å². The summed E-state index contributed by atoms with van der Waals surface area (Å²) in [6.07, 6.45) is 13.4. The quantitative estimate of drug-likeness (QED) is 0.305. The van der Waals surface area contributed by atoms with Gasteiger partial charge in [0.2, 0.25) is 0 Å². The van der Waals surface area contributed by atoms with E-state index in [9.17, 15) is 4.79 Å². The Balaban J connectivity index is 1.35. The molecule has 2 atom stereocenters. The molecule has 2 aliphatic rings. The van der Waals surface area contributed by atoms with Gasteiger partial charge in [0.15, 0.2) is 5.78 Å². The molecule has 0 saturated carbocycles. The van der Waals surface area contributed by atoms with Crippen molar-refractivity contribution in [2.75, 3.05) is 21.3 Å². The van der Waals surface area contributed by atoms with Crippen molar-refractivity contribution in [2.45, 2.75) is 38.0 Å². The second-order valence-corrected chi connectivity index (χ2v) is 10.4. The van der Waals surface area contributed by atoms with Gasteiger partial charge in [0.25, 0.3) is 0 Å². The molecule has 8 heteroatoms. The number of ether oxygens (including phenoxy) is 2. The van der Waals surface area contributed by atoms with Gasteiger partial charge in [-0.1, -0.05) is 12.1 Å². The molecular formula is C32H33N5O3. The largest absolute Gasteiger partial charge is 0.496 e. The number of nitrogens with zero attached hydrogens (tertiary/aromatic N) is 5. The number of aromatic nitrogens is 4. The molecule has 4 heterocycles. The third-order valence-corrected chi connectivity index (χ3v) is 7.98. The summed E-state index contributed by atoms with van der Waals surface area (Å²) < 4.78 is 15.0. The monoisotopic (exact) mass is 535 g/mol. The van der Waals surface area contributed by atoms with E-state index < -0.39 is 0 Å². The maximum absolute atomic E-state index is 14.0. The molecule has 0 amide bonds. The molecule has 6 rings (SSSR count). The molecule has 4 aromatic rings. The third-order valence-electron chi connectivity index (χ3n) is 7.98. The van der Waals surface area contributed by atoms with Crippen LogP contribution in [0.5, 0.6) is 11.5 Å². The van der Waals surface area contributed by atoms with E-state index in [1.54, 1.807) is 26.6 Å². The van der Waals surface area contributed by atoms with Gasteiger partial charge in [-0.15, -0.1) is 0 Å². The average molecular weight is 536 g/mol. The van der Waals surface area contributed by atoms with Crippen molar-refractivity contribution < 1.29 is 14.3 Å². The van der Waals surface area contributed by atoms with E-state index in [1.807, 2.05) is 58.2 Å². The first-order valence-corrected chi connectivity index (χ1v) is 13.5. The van der Waals surface area contributed by atoms with Crippen LogP contribution in [0.25, 0.3) is 12.2 Å². The highest BCUT2D eigenvalue weighted by Crippen LogP contribution is 2.41. The van der Waals surface area contributed by atoms with Gasteiger partial charge >= 0.3 is 0 Å². The molecule has 0 N–H and O–H groups in total. The van der Waals surface area contributed by atoms with Crippen LogP contribution in [-0.2, 0) is 17.9 Å². The summed E-state index contributed by atoms with van der Waals surface area (Å²) >= 11 is 0. The van der Waals surface area contributed by atoms with Gasteiger partial charge in [-0.05, 0) is 79.6 Å². The molecule has 40 heavy (non-hydrogen) atoms. The lowest BCUT2D eigenvalue weighted by molar-refractivity contribution is -0.114. The fraction of sp³-hybridized carbons (Fsp3) is 0.281. The first-order chi connectivity index (χ1) is 19.5. The number of likely N-dealkylation sites (N-methyl/N-ethyl adjacent to an activating group) is 1. The van der Waals surface area contributed by atoms with Crippen LogP contribution in [0.4, 0.5) is 0 Å². The minimum Gasteiger partial charge on any atom is -0.496 e. The number of hydrogen-bond acceptors (Lipinski definition) is 6. The highest BCUT2D eigenvalue weighted by atomic mass is 16.5. The summed E-state index contributed by atoms with van der Waals surface area (Å²) in [4.78, 5) is 16.4. The molecule has 2 unspecified atom stereocenters. The summed E-state index contributed by atoms with van der Waals surface area (Å²) in [5.41, 5.74) is 5.66. The standard InChI is InChI=1S/C32H33N5O3/c1-35-28-8-9-29(35)27(19-23-7-11-31(40-3)25(17-23)21-37-15-5-13-34-37)32(38)26(28)18-22-6-10-30(39-2)24(16-22)20-36-14-4-12-33-36/h4-7,10-19,28-29H,8-9,20-21H2,1-3H3/b26-18+,27-19+. The first kappa shape index (κ1) is 25.8. The lowest BCUT2D eigenvalue weighted by Gasteiger charge is -2.34. The zero-order valence-corrected chi connectivity index (χ0v) is 23.0. The summed E-state index contributed by atoms with van der Waals surface area (Å²) in [5.74, 6) is 1.73. The van der Waals surface area contributed by atoms with E-state index in [0.717, 1.165) is 57.7 Å². The number of ketones is 1. The summed E-state index contributed by atoms with van der Waals surface area (Å²) in [7, 11) is 5.48. The van der Waals surface area contributed by atoms with Crippen molar-refractivity contribution in [3.63, 3.8) is 0 Å². The van der Waals surface area contributed by atoms with E-state index in [4.69, 9.17) is 9.47 Å². The predicted molar refractivity (Wildman–Crippen MR) is 154 cm³/mol. The zero-order chi connectivity index (χ0) is 27.6. The van der Waals surface area contributed by atoms with Crippen molar-refractivity contribution in [1.82, 2.24) is 24.5 Å². The number of benzene rings is 2. The highest BCUT2D eigenvalue weighted by Gasteiger charge is 2.44. The van der Waals surface area contributed by atoms with Gasteiger partial charge in [0, 0.05) is 59.1 Å². The van der Waals surface area contributed by atoms with E-state index >= 15 is 0 Å². The van der Waals surface area contributed by atoms with Crippen LogP contribution >= 0.6 is 0 Å². The van der Waals surface area contributed by atoms with E-state index in [0.29, 0.717) is 13.1 Å².